The minimum absolute atomic E-state index is 0.0911. The molecule has 0 saturated carbocycles. The van der Waals surface area contributed by atoms with E-state index >= 15 is 0 Å². The second-order valence-electron chi connectivity index (χ2n) is 5.95. The Morgan fingerprint density at radius 1 is 1.22 bits per heavy atom. The van der Waals surface area contributed by atoms with Crippen molar-refractivity contribution in [3.05, 3.63) is 75.1 Å². The predicted octanol–water partition coefficient (Wildman–Crippen LogP) is -0.362. The fraction of sp³-hybridized carbons (Fsp3) is 0.167. The monoisotopic (exact) mass is 369 g/mol. The molecule has 3 rings (SSSR count). The Hall–Kier alpha value is -3.59. The van der Waals surface area contributed by atoms with Gasteiger partial charge in [0.1, 0.15) is 11.4 Å². The molecular formula is C18H19N5O4. The van der Waals surface area contributed by atoms with Gasteiger partial charge in [0.05, 0.1) is 11.7 Å². The number of nitrogens with one attached hydrogen (secondary N) is 2. The van der Waals surface area contributed by atoms with Gasteiger partial charge in [-0.2, -0.15) is 4.68 Å². The van der Waals surface area contributed by atoms with E-state index < -0.39 is 17.4 Å². The second kappa shape index (κ2) is 7.34. The molecule has 0 aliphatic rings. The number of benzene rings is 2. The molecule has 0 fully saturated rings. The number of carbonyl (C=O) groups is 1. The molecule has 1 amide bonds. The zero-order chi connectivity index (χ0) is 19.6. The minimum Gasteiger partial charge on any atom is -0.506 e. The van der Waals surface area contributed by atoms with Gasteiger partial charge in [-0.1, -0.05) is 24.3 Å². The van der Waals surface area contributed by atoms with Crippen LogP contribution in [0.2, 0.25) is 0 Å². The Kier molecular flexibility index (Phi) is 4.95. The highest BCUT2D eigenvalue weighted by Gasteiger charge is 2.17. The first-order valence-electron chi connectivity index (χ1n) is 8.21. The van der Waals surface area contributed by atoms with Gasteiger partial charge >= 0.3 is 11.4 Å². The fourth-order valence-electron chi connectivity index (χ4n) is 2.76. The summed E-state index contributed by atoms with van der Waals surface area (Å²) in [5.41, 5.74) is 5.63. The van der Waals surface area contributed by atoms with Crippen LogP contribution in [0.5, 0.6) is 5.75 Å². The van der Waals surface area contributed by atoms with E-state index in [0.717, 1.165) is 9.25 Å². The summed E-state index contributed by atoms with van der Waals surface area (Å²) >= 11 is 0. The Morgan fingerprint density at radius 2 is 1.93 bits per heavy atom. The molecule has 0 saturated heterocycles. The number of nitrogens with two attached hydrogens (primary N) is 1. The molecule has 9 heteroatoms. The first-order chi connectivity index (χ1) is 12.9. The maximum Gasteiger partial charge on any atom is 0.356 e. The Balaban J connectivity index is 2.05. The number of rotatable bonds is 5. The standard InChI is InChI=1S/C18H19N5O4/c1-20-16(25)13(19)9-11-7-8-15(24)14(10-11)23-18(27)22(17(26)21-23)12-5-3-2-4-6-12/h2-8,10,13,24H,9,19H2,1H3,(H,20,25)(H,21,26)/t13-/m0/s1. The highest BCUT2D eigenvalue weighted by molar-refractivity contribution is 5.81. The van der Waals surface area contributed by atoms with Crippen LogP contribution in [0.15, 0.2) is 58.1 Å². The molecule has 1 aromatic heterocycles. The summed E-state index contributed by atoms with van der Waals surface area (Å²) in [6.07, 6.45) is 0.200. The number of aromatic amines is 1. The van der Waals surface area contributed by atoms with Crippen LogP contribution in [0.1, 0.15) is 5.56 Å². The van der Waals surface area contributed by atoms with Gasteiger partial charge in [0.2, 0.25) is 5.91 Å². The Labute approximate surface area is 153 Å². The van der Waals surface area contributed by atoms with Crippen LogP contribution >= 0.6 is 0 Å². The van der Waals surface area contributed by atoms with E-state index in [1.165, 1.54) is 19.2 Å². The summed E-state index contributed by atoms with van der Waals surface area (Å²) in [5.74, 6) is -0.527. The molecule has 0 spiro atoms. The largest absolute Gasteiger partial charge is 0.506 e. The zero-order valence-electron chi connectivity index (χ0n) is 14.5. The van der Waals surface area contributed by atoms with Gasteiger partial charge in [-0.3, -0.25) is 4.79 Å². The van der Waals surface area contributed by atoms with Crippen LogP contribution in [-0.2, 0) is 11.2 Å². The van der Waals surface area contributed by atoms with Crippen molar-refractivity contribution in [2.24, 2.45) is 5.73 Å². The van der Waals surface area contributed by atoms with Gasteiger partial charge in [-0.25, -0.2) is 19.3 Å². The van der Waals surface area contributed by atoms with E-state index in [9.17, 15) is 19.5 Å². The molecule has 140 valence electrons. The molecule has 1 atom stereocenters. The van der Waals surface area contributed by atoms with Crippen molar-refractivity contribution in [3.8, 4) is 17.1 Å². The lowest BCUT2D eigenvalue weighted by Gasteiger charge is -2.12. The molecule has 5 N–H and O–H groups in total. The average Bonchev–Trinajstić information content (AvgIpc) is 2.97. The van der Waals surface area contributed by atoms with Crippen molar-refractivity contribution in [2.75, 3.05) is 7.05 Å². The minimum atomic E-state index is -0.780. The van der Waals surface area contributed by atoms with E-state index in [4.69, 9.17) is 5.73 Å². The number of amides is 1. The number of hydrogen-bond donors (Lipinski definition) is 4. The highest BCUT2D eigenvalue weighted by Crippen LogP contribution is 2.21. The molecule has 0 aliphatic heterocycles. The third kappa shape index (κ3) is 3.53. The number of aromatic nitrogens is 3. The van der Waals surface area contributed by atoms with Crippen LogP contribution in [0.3, 0.4) is 0 Å². The molecule has 27 heavy (non-hydrogen) atoms. The van der Waals surface area contributed by atoms with Crippen molar-refractivity contribution in [2.45, 2.75) is 12.5 Å². The van der Waals surface area contributed by atoms with Crippen molar-refractivity contribution < 1.29 is 9.90 Å². The van der Waals surface area contributed by atoms with Crippen molar-refractivity contribution >= 4 is 5.91 Å². The third-order valence-electron chi connectivity index (χ3n) is 4.13. The molecule has 3 aromatic rings. The van der Waals surface area contributed by atoms with E-state index in [1.807, 2.05) is 0 Å². The molecular weight excluding hydrogens is 350 g/mol. The molecule has 0 aliphatic carbocycles. The topological polar surface area (TPSA) is 135 Å². The first-order valence-corrected chi connectivity index (χ1v) is 8.21. The van der Waals surface area contributed by atoms with E-state index in [-0.39, 0.29) is 23.8 Å². The number of hydrogen-bond acceptors (Lipinski definition) is 5. The number of carbonyl (C=O) groups excluding carboxylic acids is 1. The number of likely N-dealkylation sites (N-methyl/N-ethyl adjacent to an activating group) is 1. The molecule has 2 aromatic carbocycles. The van der Waals surface area contributed by atoms with E-state index in [1.54, 1.807) is 36.4 Å². The highest BCUT2D eigenvalue weighted by atomic mass is 16.3. The average molecular weight is 369 g/mol. The first kappa shape index (κ1) is 18.2. The number of phenols is 1. The summed E-state index contributed by atoms with van der Waals surface area (Å²) < 4.78 is 1.92. The quantitative estimate of drug-likeness (QED) is 0.487. The van der Waals surface area contributed by atoms with Gasteiger partial charge in [-0.15, -0.1) is 0 Å². The predicted molar refractivity (Wildman–Crippen MR) is 99.4 cm³/mol. The molecule has 9 nitrogen and oxygen atoms in total. The Morgan fingerprint density at radius 3 is 2.59 bits per heavy atom. The summed E-state index contributed by atoms with van der Waals surface area (Å²) in [6.45, 7) is 0. The lowest BCUT2D eigenvalue weighted by Crippen LogP contribution is -2.40. The maximum absolute atomic E-state index is 12.7. The smallest absolute Gasteiger partial charge is 0.356 e. The van der Waals surface area contributed by atoms with Crippen molar-refractivity contribution in [3.63, 3.8) is 0 Å². The van der Waals surface area contributed by atoms with Crippen molar-refractivity contribution in [1.82, 2.24) is 19.7 Å². The van der Waals surface area contributed by atoms with Crippen LogP contribution in [0.4, 0.5) is 0 Å². The van der Waals surface area contributed by atoms with Crippen LogP contribution in [0, 0.1) is 0 Å². The van der Waals surface area contributed by atoms with Gasteiger partial charge in [0.25, 0.3) is 0 Å². The number of phenolic OH excluding ortho intramolecular Hbond substituents is 1. The van der Waals surface area contributed by atoms with Gasteiger partial charge in [-0.05, 0) is 36.2 Å². The van der Waals surface area contributed by atoms with Gasteiger partial charge in [0, 0.05) is 7.05 Å². The van der Waals surface area contributed by atoms with Crippen LogP contribution in [0.25, 0.3) is 11.4 Å². The normalized spacial score (nSPS) is 11.9. The molecule has 0 unspecified atom stereocenters. The number of nitrogens with zero attached hydrogens (tertiary/aromatic N) is 2. The molecule has 0 bridgehead atoms. The summed E-state index contributed by atoms with van der Waals surface area (Å²) in [7, 11) is 1.49. The molecule has 1 heterocycles. The van der Waals surface area contributed by atoms with Crippen LogP contribution < -0.4 is 22.4 Å². The lowest BCUT2D eigenvalue weighted by atomic mass is 10.0. The lowest BCUT2D eigenvalue weighted by molar-refractivity contribution is -0.121. The number of para-hydroxylation sites is 1. The van der Waals surface area contributed by atoms with Crippen molar-refractivity contribution in [1.29, 1.82) is 0 Å². The zero-order valence-corrected chi connectivity index (χ0v) is 14.5. The molecule has 0 radical (unpaired) electrons. The van der Waals surface area contributed by atoms with E-state index in [2.05, 4.69) is 10.4 Å². The second-order valence-corrected chi connectivity index (χ2v) is 5.95. The van der Waals surface area contributed by atoms with Gasteiger partial charge in [0.15, 0.2) is 0 Å². The summed E-state index contributed by atoms with van der Waals surface area (Å²) in [4.78, 5) is 36.6. The SMILES string of the molecule is CNC(=O)[C@@H](N)Cc1ccc(O)c(-n2[nH]c(=O)n(-c3ccccc3)c2=O)c1. The maximum atomic E-state index is 12.7. The van der Waals surface area contributed by atoms with Crippen LogP contribution in [-0.4, -0.2) is 38.5 Å². The number of aromatic hydroxyl groups is 1. The summed E-state index contributed by atoms with van der Waals surface area (Å²) in [6, 6.07) is 12.1. The Bertz CT molecular complexity index is 1080. The van der Waals surface area contributed by atoms with E-state index in [0.29, 0.717) is 11.3 Å². The number of H-pyrrole nitrogens is 1. The van der Waals surface area contributed by atoms with Gasteiger partial charge < -0.3 is 16.2 Å². The third-order valence-corrected chi connectivity index (χ3v) is 4.13. The fourth-order valence-corrected chi connectivity index (χ4v) is 2.76. The summed E-state index contributed by atoms with van der Waals surface area (Å²) in [5, 5.41) is 15.1.